The maximum absolute atomic E-state index is 13.3. The molecular weight excluding hydrogens is 424 g/mol. The number of fused-ring (bicyclic) bond motifs is 2. The first-order chi connectivity index (χ1) is 14.9. The molecule has 9 nitrogen and oxygen atoms in total. The summed E-state index contributed by atoms with van der Waals surface area (Å²) in [5.74, 6) is 0.851. The third-order valence-electron chi connectivity index (χ3n) is 5.42. The molecule has 0 radical (unpaired) electrons. The first-order valence-electron chi connectivity index (χ1n) is 9.78. The predicted molar refractivity (Wildman–Crippen MR) is 112 cm³/mol. The Balaban J connectivity index is 1.68. The van der Waals surface area contributed by atoms with Crippen LogP contribution >= 0.6 is 0 Å². The van der Waals surface area contributed by atoms with E-state index in [2.05, 4.69) is 4.72 Å². The smallest absolute Gasteiger partial charge is 0.257 e. The topological polar surface area (TPSA) is 103 Å². The quantitative estimate of drug-likeness (QED) is 0.686. The maximum atomic E-state index is 13.3. The van der Waals surface area contributed by atoms with E-state index in [9.17, 15) is 13.2 Å². The highest BCUT2D eigenvalue weighted by Gasteiger charge is 2.40. The molecule has 0 aliphatic carbocycles. The number of carbonyl (C=O) groups excluding carboxylic acids is 1. The predicted octanol–water partition coefficient (Wildman–Crippen LogP) is 1.58. The van der Waals surface area contributed by atoms with Gasteiger partial charge in [-0.2, -0.15) is 0 Å². The van der Waals surface area contributed by atoms with Crippen LogP contribution < -0.4 is 23.7 Å². The monoisotopic (exact) mass is 448 g/mol. The van der Waals surface area contributed by atoms with Crippen molar-refractivity contribution in [2.45, 2.75) is 17.7 Å². The van der Waals surface area contributed by atoms with Crippen molar-refractivity contribution < 1.29 is 32.2 Å². The van der Waals surface area contributed by atoms with E-state index in [1.54, 1.807) is 14.2 Å². The van der Waals surface area contributed by atoms with Crippen molar-refractivity contribution >= 4 is 15.9 Å². The number of hydrogen-bond acceptors (Lipinski definition) is 7. The molecule has 1 amide bonds. The molecule has 2 aliphatic rings. The van der Waals surface area contributed by atoms with Gasteiger partial charge in [-0.1, -0.05) is 12.1 Å². The lowest BCUT2D eigenvalue weighted by Gasteiger charge is -2.28. The molecule has 0 saturated carbocycles. The first kappa shape index (κ1) is 21.3. The standard InChI is InChI=1S/C21H24N2O7S/c1-23-11-9-15-16(21(23)24)17(28-3)18-19(30-12-29-18)20(15)31(25,26)22-10-8-13-4-6-14(27-2)7-5-13/h4-7,22H,8-12H2,1-3H3. The second kappa shape index (κ2) is 8.27. The number of amides is 1. The fourth-order valence-corrected chi connectivity index (χ4v) is 5.27. The summed E-state index contributed by atoms with van der Waals surface area (Å²) in [5, 5.41) is 0. The minimum Gasteiger partial charge on any atom is -0.497 e. The van der Waals surface area contributed by atoms with Crippen LogP contribution in [0.3, 0.4) is 0 Å². The van der Waals surface area contributed by atoms with Gasteiger partial charge in [-0.3, -0.25) is 4.79 Å². The summed E-state index contributed by atoms with van der Waals surface area (Å²) in [4.78, 5) is 14.3. The van der Waals surface area contributed by atoms with Gasteiger partial charge in [0.25, 0.3) is 5.91 Å². The van der Waals surface area contributed by atoms with E-state index in [1.165, 1.54) is 12.0 Å². The number of hydrogen-bond donors (Lipinski definition) is 1. The number of ether oxygens (including phenoxy) is 4. The fraction of sp³-hybridized carbons (Fsp3) is 0.381. The Bertz CT molecular complexity index is 1110. The molecule has 166 valence electrons. The molecule has 4 rings (SSSR count). The summed E-state index contributed by atoms with van der Waals surface area (Å²) < 4.78 is 50.8. The Hall–Kier alpha value is -2.98. The van der Waals surface area contributed by atoms with Crippen LogP contribution in [0.2, 0.25) is 0 Å². The number of benzene rings is 2. The van der Waals surface area contributed by atoms with Crippen molar-refractivity contribution in [1.82, 2.24) is 9.62 Å². The van der Waals surface area contributed by atoms with Crippen LogP contribution in [0, 0.1) is 0 Å². The number of methoxy groups -OCH3 is 2. The Morgan fingerprint density at radius 1 is 1.10 bits per heavy atom. The number of rotatable bonds is 7. The molecule has 2 aromatic carbocycles. The van der Waals surface area contributed by atoms with Crippen LogP contribution in [-0.4, -0.2) is 60.4 Å². The summed E-state index contributed by atoms with van der Waals surface area (Å²) in [6.07, 6.45) is 0.849. The van der Waals surface area contributed by atoms with E-state index in [1.807, 2.05) is 24.3 Å². The summed E-state index contributed by atoms with van der Waals surface area (Å²) in [6.45, 7) is 0.426. The van der Waals surface area contributed by atoms with Gasteiger partial charge in [-0.25, -0.2) is 13.1 Å². The lowest BCUT2D eigenvalue weighted by Crippen LogP contribution is -2.36. The van der Waals surface area contributed by atoms with Crippen molar-refractivity contribution in [3.05, 3.63) is 41.0 Å². The zero-order valence-corrected chi connectivity index (χ0v) is 18.4. The summed E-state index contributed by atoms with van der Waals surface area (Å²) in [6, 6.07) is 7.41. The summed E-state index contributed by atoms with van der Waals surface area (Å²) in [5.41, 5.74) is 1.55. The van der Waals surface area contributed by atoms with Gasteiger partial charge in [-0.05, 0) is 36.1 Å². The van der Waals surface area contributed by atoms with Crippen LogP contribution in [0.1, 0.15) is 21.5 Å². The average Bonchev–Trinajstić information content (AvgIpc) is 3.24. The molecule has 10 heteroatoms. The van der Waals surface area contributed by atoms with E-state index >= 15 is 0 Å². The molecular formula is C21H24N2O7S. The zero-order valence-electron chi connectivity index (χ0n) is 17.6. The maximum Gasteiger partial charge on any atom is 0.257 e. The van der Waals surface area contributed by atoms with E-state index < -0.39 is 10.0 Å². The summed E-state index contributed by atoms with van der Waals surface area (Å²) in [7, 11) is 0.688. The Morgan fingerprint density at radius 2 is 1.81 bits per heavy atom. The Labute approximate surface area is 180 Å². The van der Waals surface area contributed by atoms with Crippen LogP contribution in [0.5, 0.6) is 23.0 Å². The van der Waals surface area contributed by atoms with Gasteiger partial charge >= 0.3 is 0 Å². The number of carbonyl (C=O) groups is 1. The summed E-state index contributed by atoms with van der Waals surface area (Å²) >= 11 is 0. The second-order valence-corrected chi connectivity index (χ2v) is 8.96. The van der Waals surface area contributed by atoms with Crippen molar-refractivity contribution in [2.24, 2.45) is 0 Å². The molecule has 2 aromatic rings. The molecule has 0 unspecified atom stereocenters. The van der Waals surface area contributed by atoms with Crippen LogP contribution in [0.15, 0.2) is 29.2 Å². The van der Waals surface area contributed by atoms with Gasteiger partial charge in [0.05, 0.1) is 19.8 Å². The van der Waals surface area contributed by atoms with Gasteiger partial charge in [-0.15, -0.1) is 0 Å². The van der Waals surface area contributed by atoms with Crippen molar-refractivity contribution in [2.75, 3.05) is 41.1 Å². The first-order valence-corrected chi connectivity index (χ1v) is 11.3. The molecule has 0 bridgehead atoms. The van der Waals surface area contributed by atoms with E-state index in [-0.39, 0.29) is 47.0 Å². The lowest BCUT2D eigenvalue weighted by molar-refractivity contribution is 0.0775. The third kappa shape index (κ3) is 3.77. The number of nitrogens with zero attached hydrogens (tertiary/aromatic N) is 1. The van der Waals surface area contributed by atoms with Crippen molar-refractivity contribution in [3.63, 3.8) is 0 Å². The van der Waals surface area contributed by atoms with Gasteiger partial charge < -0.3 is 23.8 Å². The molecule has 0 saturated heterocycles. The van der Waals surface area contributed by atoms with Crippen LogP contribution in [-0.2, 0) is 22.9 Å². The molecule has 2 aliphatic heterocycles. The van der Waals surface area contributed by atoms with Gasteiger partial charge in [0, 0.05) is 20.1 Å². The van der Waals surface area contributed by atoms with E-state index in [4.69, 9.17) is 18.9 Å². The number of sulfonamides is 1. The molecule has 1 N–H and O–H groups in total. The molecule has 0 spiro atoms. The largest absolute Gasteiger partial charge is 0.497 e. The molecule has 0 atom stereocenters. The van der Waals surface area contributed by atoms with Gasteiger partial charge in [0.1, 0.15) is 10.6 Å². The highest BCUT2D eigenvalue weighted by Crippen LogP contribution is 2.51. The van der Waals surface area contributed by atoms with E-state index in [0.717, 1.165) is 11.3 Å². The van der Waals surface area contributed by atoms with Crippen LogP contribution in [0.25, 0.3) is 0 Å². The fourth-order valence-electron chi connectivity index (χ4n) is 3.83. The molecule has 2 heterocycles. The average molecular weight is 448 g/mol. The molecule has 0 aromatic heterocycles. The zero-order chi connectivity index (χ0) is 22.2. The van der Waals surface area contributed by atoms with Gasteiger partial charge in [0.2, 0.25) is 22.6 Å². The van der Waals surface area contributed by atoms with Crippen LogP contribution in [0.4, 0.5) is 0 Å². The normalized spacial score (nSPS) is 15.1. The van der Waals surface area contributed by atoms with E-state index in [0.29, 0.717) is 24.9 Å². The van der Waals surface area contributed by atoms with Crippen molar-refractivity contribution in [3.8, 4) is 23.0 Å². The molecule has 0 fully saturated rings. The highest BCUT2D eigenvalue weighted by atomic mass is 32.2. The minimum absolute atomic E-state index is 0.0491. The lowest BCUT2D eigenvalue weighted by atomic mass is 9.97. The Kier molecular flexibility index (Phi) is 5.67. The van der Waals surface area contributed by atoms with Crippen molar-refractivity contribution in [1.29, 1.82) is 0 Å². The number of likely N-dealkylation sites (N-methyl/N-ethyl adjacent to an activating group) is 1. The Morgan fingerprint density at radius 3 is 2.48 bits per heavy atom. The SMILES string of the molecule is COc1ccc(CCNS(=O)(=O)c2c3c(c(OC)c4c2OCO4)C(=O)N(C)CC3)cc1. The second-order valence-electron chi connectivity index (χ2n) is 7.25. The molecule has 31 heavy (non-hydrogen) atoms. The minimum atomic E-state index is -3.98. The highest BCUT2D eigenvalue weighted by molar-refractivity contribution is 7.89. The van der Waals surface area contributed by atoms with Gasteiger partial charge in [0.15, 0.2) is 11.5 Å². The third-order valence-corrected chi connectivity index (χ3v) is 6.98. The number of nitrogens with one attached hydrogen (secondary N) is 1.